The fourth-order valence-electron chi connectivity index (χ4n) is 1.53. The summed E-state index contributed by atoms with van der Waals surface area (Å²) in [6, 6.07) is 9.28. The zero-order valence-corrected chi connectivity index (χ0v) is 11.2. The Balaban J connectivity index is 2.57. The molecule has 5 heteroatoms. The molecule has 0 amide bonds. The van der Waals surface area contributed by atoms with Crippen LogP contribution in [0.25, 0.3) is 0 Å². The van der Waals surface area contributed by atoms with Gasteiger partial charge in [0.15, 0.2) is 5.78 Å². The van der Waals surface area contributed by atoms with Gasteiger partial charge in [0.2, 0.25) is 0 Å². The van der Waals surface area contributed by atoms with Gasteiger partial charge in [0.25, 0.3) is 0 Å². The van der Waals surface area contributed by atoms with E-state index in [1.54, 1.807) is 24.3 Å². The van der Waals surface area contributed by atoms with Crippen molar-refractivity contribution in [2.75, 3.05) is 0 Å². The highest BCUT2D eigenvalue weighted by molar-refractivity contribution is 6.38. The van der Waals surface area contributed by atoms with Gasteiger partial charge in [0.1, 0.15) is 5.75 Å². The minimum Gasteiger partial charge on any atom is -0.506 e. The molecule has 0 saturated carbocycles. The van der Waals surface area contributed by atoms with Crippen LogP contribution in [0.4, 0.5) is 0 Å². The second-order valence-electron chi connectivity index (χ2n) is 3.59. The summed E-state index contributed by atoms with van der Waals surface area (Å²) in [5.41, 5.74) is 0.313. The summed E-state index contributed by atoms with van der Waals surface area (Å²) >= 11 is 17.5. The lowest BCUT2D eigenvalue weighted by molar-refractivity contribution is 0.103. The van der Waals surface area contributed by atoms with Gasteiger partial charge < -0.3 is 5.11 Å². The number of rotatable bonds is 2. The summed E-state index contributed by atoms with van der Waals surface area (Å²) in [4.78, 5) is 12.2. The molecule has 1 N–H and O–H groups in total. The van der Waals surface area contributed by atoms with Crippen molar-refractivity contribution in [1.29, 1.82) is 0 Å². The SMILES string of the molecule is O=C(c1ccccc1Cl)c1cc(Cl)cc(Cl)c1O. The maximum absolute atomic E-state index is 12.2. The van der Waals surface area contributed by atoms with Crippen LogP contribution < -0.4 is 0 Å². The monoisotopic (exact) mass is 300 g/mol. The van der Waals surface area contributed by atoms with Crippen molar-refractivity contribution in [3.05, 3.63) is 62.6 Å². The number of ketones is 1. The van der Waals surface area contributed by atoms with E-state index in [1.165, 1.54) is 12.1 Å². The number of hydrogen-bond acceptors (Lipinski definition) is 2. The first-order valence-electron chi connectivity index (χ1n) is 4.98. The molecule has 18 heavy (non-hydrogen) atoms. The minimum atomic E-state index is -0.428. The van der Waals surface area contributed by atoms with Crippen LogP contribution in [-0.4, -0.2) is 10.9 Å². The number of benzene rings is 2. The summed E-state index contributed by atoms with van der Waals surface area (Å²) < 4.78 is 0. The number of aromatic hydroxyl groups is 1. The summed E-state index contributed by atoms with van der Waals surface area (Å²) in [6.45, 7) is 0. The first-order valence-corrected chi connectivity index (χ1v) is 6.11. The Kier molecular flexibility index (Phi) is 3.81. The van der Waals surface area contributed by atoms with Gasteiger partial charge in [0, 0.05) is 10.6 Å². The maximum atomic E-state index is 12.2. The van der Waals surface area contributed by atoms with E-state index in [1.807, 2.05) is 0 Å². The fraction of sp³-hybridized carbons (Fsp3) is 0. The molecule has 0 aliphatic carbocycles. The molecule has 0 atom stereocenters. The van der Waals surface area contributed by atoms with Crippen LogP contribution in [0, 0.1) is 0 Å². The van der Waals surface area contributed by atoms with Crippen LogP contribution in [0.15, 0.2) is 36.4 Å². The van der Waals surface area contributed by atoms with E-state index in [4.69, 9.17) is 34.8 Å². The van der Waals surface area contributed by atoms with E-state index in [0.29, 0.717) is 5.02 Å². The molecule has 0 heterocycles. The van der Waals surface area contributed by atoms with Crippen LogP contribution in [0.1, 0.15) is 15.9 Å². The van der Waals surface area contributed by atoms with Gasteiger partial charge in [0.05, 0.1) is 15.6 Å². The second kappa shape index (κ2) is 5.19. The molecular formula is C13H7Cl3O2. The number of halogens is 3. The molecular weight excluding hydrogens is 295 g/mol. The van der Waals surface area contributed by atoms with Crippen LogP contribution in [0.5, 0.6) is 5.75 Å². The average Bonchev–Trinajstić information content (AvgIpc) is 2.33. The molecule has 0 fully saturated rings. The summed E-state index contributed by atoms with van der Waals surface area (Å²) in [5, 5.41) is 10.4. The van der Waals surface area contributed by atoms with Crippen LogP contribution in [0.3, 0.4) is 0 Å². The zero-order chi connectivity index (χ0) is 13.3. The Morgan fingerprint density at radius 3 is 2.28 bits per heavy atom. The van der Waals surface area contributed by atoms with Crippen molar-refractivity contribution in [1.82, 2.24) is 0 Å². The molecule has 0 unspecified atom stereocenters. The molecule has 0 radical (unpaired) electrons. The summed E-state index contributed by atoms with van der Waals surface area (Å²) in [5.74, 6) is -0.728. The average molecular weight is 302 g/mol. The van der Waals surface area contributed by atoms with Gasteiger partial charge in [-0.05, 0) is 24.3 Å². The third-order valence-electron chi connectivity index (χ3n) is 2.39. The van der Waals surface area contributed by atoms with Gasteiger partial charge in [-0.1, -0.05) is 46.9 Å². The standard InChI is InChI=1S/C13H7Cl3O2/c14-7-5-9(13(18)11(16)6-7)12(17)8-3-1-2-4-10(8)15/h1-6,18H. The van der Waals surface area contributed by atoms with Crippen LogP contribution in [0.2, 0.25) is 15.1 Å². The van der Waals surface area contributed by atoms with E-state index < -0.39 is 5.78 Å². The Labute approximate surface area is 119 Å². The second-order valence-corrected chi connectivity index (χ2v) is 4.84. The number of phenols is 1. The minimum absolute atomic E-state index is 0.0258. The van der Waals surface area contributed by atoms with Crippen LogP contribution >= 0.6 is 34.8 Å². The van der Waals surface area contributed by atoms with Crippen molar-refractivity contribution < 1.29 is 9.90 Å². The molecule has 92 valence electrons. The van der Waals surface area contributed by atoms with E-state index in [9.17, 15) is 9.90 Å². The lowest BCUT2D eigenvalue weighted by atomic mass is 10.0. The highest BCUT2D eigenvalue weighted by atomic mass is 35.5. The number of carbonyl (C=O) groups is 1. The summed E-state index contributed by atoms with van der Waals surface area (Å²) in [7, 11) is 0. The number of carbonyl (C=O) groups excluding carboxylic acids is 1. The third kappa shape index (κ3) is 2.46. The molecule has 0 saturated heterocycles. The fourth-order valence-corrected chi connectivity index (χ4v) is 2.24. The van der Waals surface area contributed by atoms with Gasteiger partial charge in [-0.15, -0.1) is 0 Å². The van der Waals surface area contributed by atoms with Crippen LogP contribution in [-0.2, 0) is 0 Å². The lowest BCUT2D eigenvalue weighted by Crippen LogP contribution is -2.02. The van der Waals surface area contributed by atoms with E-state index >= 15 is 0 Å². The highest BCUT2D eigenvalue weighted by Crippen LogP contribution is 2.33. The van der Waals surface area contributed by atoms with Crippen molar-refractivity contribution in [3.63, 3.8) is 0 Å². The predicted octanol–water partition coefficient (Wildman–Crippen LogP) is 4.58. The van der Waals surface area contributed by atoms with Gasteiger partial charge >= 0.3 is 0 Å². The predicted molar refractivity (Wildman–Crippen MR) is 73.0 cm³/mol. The normalized spacial score (nSPS) is 10.4. The first-order chi connectivity index (χ1) is 8.50. The van der Waals surface area contributed by atoms with Crippen molar-refractivity contribution in [3.8, 4) is 5.75 Å². The van der Waals surface area contributed by atoms with Gasteiger partial charge in [-0.3, -0.25) is 4.79 Å². The van der Waals surface area contributed by atoms with Crippen molar-refractivity contribution >= 4 is 40.6 Å². The molecule has 2 aromatic rings. The number of hydrogen-bond donors (Lipinski definition) is 1. The Bertz CT molecular complexity index is 624. The molecule has 2 rings (SSSR count). The highest BCUT2D eigenvalue weighted by Gasteiger charge is 2.18. The molecule has 0 spiro atoms. The third-order valence-corrected chi connectivity index (χ3v) is 3.23. The Hall–Kier alpha value is -1.22. The topological polar surface area (TPSA) is 37.3 Å². The van der Waals surface area contributed by atoms with E-state index in [2.05, 4.69) is 0 Å². The largest absolute Gasteiger partial charge is 0.506 e. The van der Waals surface area contributed by atoms with Gasteiger partial charge in [-0.2, -0.15) is 0 Å². The smallest absolute Gasteiger partial charge is 0.198 e. The van der Waals surface area contributed by atoms with E-state index in [0.717, 1.165) is 0 Å². The quantitative estimate of drug-likeness (QED) is 0.824. The molecule has 0 bridgehead atoms. The van der Waals surface area contributed by atoms with Crippen molar-refractivity contribution in [2.24, 2.45) is 0 Å². The molecule has 0 aliphatic rings. The Morgan fingerprint density at radius 2 is 1.61 bits per heavy atom. The molecule has 2 aromatic carbocycles. The molecule has 0 aromatic heterocycles. The van der Waals surface area contributed by atoms with Gasteiger partial charge in [-0.25, -0.2) is 0 Å². The van der Waals surface area contributed by atoms with Crippen molar-refractivity contribution in [2.45, 2.75) is 0 Å². The first kappa shape index (κ1) is 13.2. The molecule has 0 aliphatic heterocycles. The maximum Gasteiger partial charge on any atom is 0.198 e. The Morgan fingerprint density at radius 1 is 0.944 bits per heavy atom. The van der Waals surface area contributed by atoms with E-state index in [-0.39, 0.29) is 26.9 Å². The summed E-state index contributed by atoms with van der Waals surface area (Å²) in [6.07, 6.45) is 0. The lowest BCUT2D eigenvalue weighted by Gasteiger charge is -2.07. The number of phenolic OH excluding ortho intramolecular Hbond substituents is 1. The zero-order valence-electron chi connectivity index (χ0n) is 8.95. The molecule has 2 nitrogen and oxygen atoms in total.